The number of nitrogens with zero attached hydrogens (tertiary/aromatic N) is 1. The second-order valence-corrected chi connectivity index (χ2v) is 5.93. The lowest BCUT2D eigenvalue weighted by Gasteiger charge is -2.19. The molecule has 1 atom stereocenters. The van der Waals surface area contributed by atoms with Crippen molar-refractivity contribution in [2.45, 2.75) is 12.1 Å². The summed E-state index contributed by atoms with van der Waals surface area (Å²) in [5, 5.41) is 11.3. The third-order valence-corrected chi connectivity index (χ3v) is 4.14. The van der Waals surface area contributed by atoms with Crippen LogP contribution in [0.4, 0.5) is 5.69 Å². The molecule has 3 rings (SSSR count). The van der Waals surface area contributed by atoms with Crippen LogP contribution in [-0.4, -0.2) is 24.1 Å². The van der Waals surface area contributed by atoms with Gasteiger partial charge < -0.3 is 14.7 Å². The van der Waals surface area contributed by atoms with Crippen LogP contribution in [-0.2, 0) is 26.5 Å². The zero-order chi connectivity index (χ0) is 18.0. The van der Waals surface area contributed by atoms with Crippen molar-refractivity contribution in [2.24, 2.45) is 0 Å². The highest BCUT2D eigenvalue weighted by atomic mass is 35.5. The van der Waals surface area contributed by atoms with Gasteiger partial charge in [-0.15, -0.1) is 0 Å². The second-order valence-electron chi connectivity index (χ2n) is 5.49. The van der Waals surface area contributed by atoms with Gasteiger partial charge in [0.1, 0.15) is 0 Å². The molecule has 0 saturated carbocycles. The van der Waals surface area contributed by atoms with Gasteiger partial charge in [-0.05, 0) is 23.6 Å². The van der Waals surface area contributed by atoms with Crippen molar-refractivity contribution < 1.29 is 19.4 Å². The van der Waals surface area contributed by atoms with E-state index in [1.165, 1.54) is 18.1 Å². The lowest BCUT2D eigenvalue weighted by molar-refractivity contribution is -0.133. The van der Waals surface area contributed by atoms with Crippen LogP contribution in [0.5, 0.6) is 0 Å². The summed E-state index contributed by atoms with van der Waals surface area (Å²) in [6.45, 7) is 0.245. The lowest BCUT2D eigenvalue weighted by Crippen LogP contribution is -2.39. The minimum atomic E-state index is -2.12. The highest BCUT2D eigenvalue weighted by Crippen LogP contribution is 2.42. The summed E-state index contributed by atoms with van der Waals surface area (Å²) in [4.78, 5) is 25.6. The largest absolute Gasteiger partial charge is 0.459 e. The summed E-state index contributed by atoms with van der Waals surface area (Å²) in [5.41, 5.74) is -0.493. The van der Waals surface area contributed by atoms with Gasteiger partial charge in [0, 0.05) is 16.5 Å². The molecule has 1 aliphatic heterocycles. The monoisotopic (exact) mass is 355 g/mol. The van der Waals surface area contributed by atoms with Crippen molar-refractivity contribution in [3.8, 4) is 11.8 Å². The van der Waals surface area contributed by atoms with E-state index in [2.05, 4.69) is 16.6 Å². The molecule has 126 valence electrons. The molecular weight excluding hydrogens is 342 g/mol. The van der Waals surface area contributed by atoms with Crippen LogP contribution in [0.1, 0.15) is 11.1 Å². The van der Waals surface area contributed by atoms with Gasteiger partial charge in [0.15, 0.2) is 0 Å². The molecule has 0 fully saturated rings. The number of hydrogen-bond acceptors (Lipinski definition) is 4. The highest BCUT2D eigenvalue weighted by Gasteiger charge is 2.49. The van der Waals surface area contributed by atoms with Crippen LogP contribution < -0.4 is 4.90 Å². The van der Waals surface area contributed by atoms with E-state index in [9.17, 15) is 14.7 Å². The molecule has 2 aromatic rings. The summed E-state index contributed by atoms with van der Waals surface area (Å²) in [7, 11) is 1.17. The molecule has 1 unspecified atom stereocenters. The molecule has 5 nitrogen and oxygen atoms in total. The Kier molecular flexibility index (Phi) is 4.49. The maximum atomic E-state index is 12.9. The van der Waals surface area contributed by atoms with E-state index in [-0.39, 0.29) is 12.1 Å². The highest BCUT2D eigenvalue weighted by molar-refractivity contribution is 6.31. The van der Waals surface area contributed by atoms with Gasteiger partial charge in [0.05, 0.1) is 19.3 Å². The summed E-state index contributed by atoms with van der Waals surface area (Å²) < 4.78 is 4.45. The van der Waals surface area contributed by atoms with Crippen molar-refractivity contribution in [3.05, 3.63) is 64.7 Å². The molecule has 1 amide bonds. The first-order chi connectivity index (χ1) is 12.0. The second kappa shape index (κ2) is 6.60. The zero-order valence-electron chi connectivity index (χ0n) is 13.3. The van der Waals surface area contributed by atoms with Crippen molar-refractivity contribution >= 4 is 29.2 Å². The summed E-state index contributed by atoms with van der Waals surface area (Å²) in [5.74, 6) is 3.02. The van der Waals surface area contributed by atoms with Gasteiger partial charge in [-0.3, -0.25) is 4.79 Å². The Bertz CT molecular complexity index is 901. The Morgan fingerprint density at radius 3 is 2.68 bits per heavy atom. The number of ether oxygens (including phenoxy) is 1. The van der Waals surface area contributed by atoms with Crippen LogP contribution >= 0.6 is 11.6 Å². The number of benzene rings is 2. The maximum absolute atomic E-state index is 12.9. The summed E-state index contributed by atoms with van der Waals surface area (Å²) in [6, 6.07) is 14.0. The molecule has 0 bridgehead atoms. The number of anilines is 1. The Balaban J connectivity index is 2.07. The molecule has 1 N–H and O–H groups in total. The molecule has 0 aliphatic carbocycles. The number of hydrogen-bond donors (Lipinski definition) is 1. The number of halogens is 1. The number of methoxy groups -OCH3 is 1. The minimum absolute atomic E-state index is 0.245. The van der Waals surface area contributed by atoms with Crippen LogP contribution in [0.2, 0.25) is 5.02 Å². The zero-order valence-corrected chi connectivity index (χ0v) is 14.1. The van der Waals surface area contributed by atoms with Gasteiger partial charge in [-0.2, -0.15) is 0 Å². The molecule has 0 radical (unpaired) electrons. The number of carbonyl (C=O) groups is 2. The standard InChI is InChI=1S/C19H14ClNO4/c1-25-17(22)9-10-19(24)15-8-7-14(20)11-16(15)21(18(19)23)12-13-5-3-2-4-6-13/h2-8,11,24H,12H2,1H3. The van der Waals surface area contributed by atoms with E-state index in [4.69, 9.17) is 11.6 Å². The van der Waals surface area contributed by atoms with Crippen molar-refractivity contribution in [2.75, 3.05) is 12.0 Å². The molecule has 0 spiro atoms. The van der Waals surface area contributed by atoms with Crippen LogP contribution in [0.15, 0.2) is 48.5 Å². The predicted molar refractivity (Wildman–Crippen MR) is 92.8 cm³/mol. The van der Waals surface area contributed by atoms with Gasteiger partial charge in [-0.1, -0.05) is 48.0 Å². The number of amides is 1. The van der Waals surface area contributed by atoms with Gasteiger partial charge in [-0.25, -0.2) is 4.79 Å². The average molecular weight is 356 g/mol. The molecule has 1 heterocycles. The summed E-state index contributed by atoms with van der Waals surface area (Å²) in [6.07, 6.45) is 0. The smallest absolute Gasteiger partial charge is 0.384 e. The molecule has 0 aromatic heterocycles. The SMILES string of the molecule is COC(=O)C#CC1(O)C(=O)N(Cc2ccccc2)c2cc(Cl)ccc21. The normalized spacial score (nSPS) is 18.4. The quantitative estimate of drug-likeness (QED) is 0.510. The predicted octanol–water partition coefficient (Wildman–Crippen LogP) is 2.25. The molecular formula is C19H14ClNO4. The van der Waals surface area contributed by atoms with Crippen LogP contribution in [0.25, 0.3) is 0 Å². The van der Waals surface area contributed by atoms with E-state index in [0.717, 1.165) is 5.56 Å². The molecule has 1 aliphatic rings. The fourth-order valence-electron chi connectivity index (χ4n) is 2.69. The first kappa shape index (κ1) is 17.0. The number of aliphatic hydroxyl groups is 1. The molecule has 25 heavy (non-hydrogen) atoms. The lowest BCUT2D eigenvalue weighted by atomic mass is 9.96. The number of rotatable bonds is 2. The molecule has 2 aromatic carbocycles. The van der Waals surface area contributed by atoms with E-state index in [0.29, 0.717) is 10.7 Å². The van der Waals surface area contributed by atoms with Gasteiger partial charge in [0.2, 0.25) is 5.60 Å². The average Bonchev–Trinajstić information content (AvgIpc) is 2.82. The van der Waals surface area contributed by atoms with Crippen molar-refractivity contribution in [3.63, 3.8) is 0 Å². The Morgan fingerprint density at radius 2 is 2.00 bits per heavy atom. The van der Waals surface area contributed by atoms with Gasteiger partial charge >= 0.3 is 5.97 Å². The van der Waals surface area contributed by atoms with Crippen LogP contribution in [0, 0.1) is 11.8 Å². The first-order valence-electron chi connectivity index (χ1n) is 7.45. The van der Waals surface area contributed by atoms with E-state index < -0.39 is 17.5 Å². The summed E-state index contributed by atoms with van der Waals surface area (Å²) >= 11 is 6.05. The Labute approximate surface area is 149 Å². The van der Waals surface area contributed by atoms with E-state index in [1.807, 2.05) is 30.3 Å². The van der Waals surface area contributed by atoms with Gasteiger partial charge in [0.25, 0.3) is 5.91 Å². The topological polar surface area (TPSA) is 66.8 Å². The Morgan fingerprint density at radius 1 is 1.28 bits per heavy atom. The first-order valence-corrected chi connectivity index (χ1v) is 7.83. The molecule has 0 saturated heterocycles. The number of fused-ring (bicyclic) bond motifs is 1. The minimum Gasteiger partial charge on any atom is -0.459 e. The molecule has 6 heteroatoms. The third kappa shape index (κ3) is 3.10. The van der Waals surface area contributed by atoms with E-state index in [1.54, 1.807) is 12.1 Å². The third-order valence-electron chi connectivity index (χ3n) is 3.91. The van der Waals surface area contributed by atoms with Crippen molar-refractivity contribution in [1.29, 1.82) is 0 Å². The fraction of sp³-hybridized carbons (Fsp3) is 0.158. The Hall–Kier alpha value is -2.81. The maximum Gasteiger partial charge on any atom is 0.384 e. The van der Waals surface area contributed by atoms with E-state index >= 15 is 0 Å². The van der Waals surface area contributed by atoms with Crippen LogP contribution in [0.3, 0.4) is 0 Å². The number of carbonyl (C=O) groups excluding carboxylic acids is 2. The fourth-order valence-corrected chi connectivity index (χ4v) is 2.86. The van der Waals surface area contributed by atoms with Crippen molar-refractivity contribution in [1.82, 2.24) is 0 Å². The number of esters is 1.